The van der Waals surface area contributed by atoms with Crippen molar-refractivity contribution in [3.63, 3.8) is 0 Å². The van der Waals surface area contributed by atoms with E-state index in [4.69, 9.17) is 0 Å². The molecule has 0 radical (unpaired) electrons. The van der Waals surface area contributed by atoms with E-state index in [1.807, 2.05) is 25.1 Å². The van der Waals surface area contributed by atoms with Gasteiger partial charge in [-0.2, -0.15) is 0 Å². The van der Waals surface area contributed by atoms with Crippen molar-refractivity contribution < 1.29 is 0 Å². The second kappa shape index (κ2) is 6.86. The molecule has 1 N–H and O–H groups in total. The number of nitrogens with one attached hydrogen (secondary N) is 1. The van der Waals surface area contributed by atoms with E-state index in [2.05, 4.69) is 43.1 Å². The molecule has 2 heterocycles. The summed E-state index contributed by atoms with van der Waals surface area (Å²) in [4.78, 5) is 13.1. The Morgan fingerprint density at radius 2 is 2.21 bits per heavy atom. The highest BCUT2D eigenvalue weighted by atomic mass is 79.9. The number of hydrogen-bond acceptors (Lipinski definition) is 5. The van der Waals surface area contributed by atoms with Crippen molar-refractivity contribution in [2.24, 2.45) is 0 Å². The molecule has 19 heavy (non-hydrogen) atoms. The van der Waals surface area contributed by atoms with Crippen molar-refractivity contribution in [3.8, 4) is 0 Å². The first-order valence-electron chi connectivity index (χ1n) is 6.07. The molecule has 100 valence electrons. The molecule has 0 aliphatic carbocycles. The molecular formula is C13H15BrN4S. The molecule has 2 aromatic heterocycles. The molecule has 2 rings (SSSR count). The predicted octanol–water partition coefficient (Wildman–Crippen LogP) is 3.92. The molecule has 0 atom stereocenters. The Labute approximate surface area is 125 Å². The number of halogens is 1. The summed E-state index contributed by atoms with van der Waals surface area (Å²) in [6.07, 6.45) is 2.84. The van der Waals surface area contributed by atoms with Crippen LogP contribution in [0.1, 0.15) is 19.2 Å². The predicted molar refractivity (Wildman–Crippen MR) is 81.6 cm³/mol. The topological polar surface area (TPSA) is 50.7 Å². The van der Waals surface area contributed by atoms with Gasteiger partial charge in [0.2, 0.25) is 0 Å². The van der Waals surface area contributed by atoms with Crippen molar-refractivity contribution in [1.29, 1.82) is 0 Å². The molecule has 0 aliphatic heterocycles. The molecule has 0 saturated carbocycles. The summed E-state index contributed by atoms with van der Waals surface area (Å²) in [6, 6.07) is 5.82. The average molecular weight is 339 g/mol. The Balaban J connectivity index is 2.20. The van der Waals surface area contributed by atoms with Crippen LogP contribution < -0.4 is 5.32 Å². The molecule has 0 unspecified atom stereocenters. The van der Waals surface area contributed by atoms with Crippen LogP contribution in [0.2, 0.25) is 0 Å². The second-order valence-corrected chi connectivity index (χ2v) is 5.82. The quantitative estimate of drug-likeness (QED) is 0.837. The lowest BCUT2D eigenvalue weighted by molar-refractivity contribution is 0.926. The largest absolute Gasteiger partial charge is 0.370 e. The number of rotatable bonds is 5. The fourth-order valence-electron chi connectivity index (χ4n) is 1.48. The number of anilines is 1. The lowest BCUT2D eigenvalue weighted by atomic mass is 10.4. The molecule has 4 nitrogen and oxygen atoms in total. The van der Waals surface area contributed by atoms with Crippen LogP contribution in [0.4, 0.5) is 5.82 Å². The van der Waals surface area contributed by atoms with Gasteiger partial charge in [0.05, 0.1) is 4.47 Å². The number of hydrogen-bond donors (Lipinski definition) is 1. The third kappa shape index (κ3) is 4.18. The van der Waals surface area contributed by atoms with E-state index in [9.17, 15) is 0 Å². The zero-order chi connectivity index (χ0) is 13.7. The second-order valence-electron chi connectivity index (χ2n) is 3.96. The number of aryl methyl sites for hydroxylation is 1. The summed E-state index contributed by atoms with van der Waals surface area (Å²) in [6.45, 7) is 4.93. The van der Waals surface area contributed by atoms with E-state index in [0.717, 1.165) is 39.1 Å². The summed E-state index contributed by atoms with van der Waals surface area (Å²) in [5.74, 6) is 1.62. The Morgan fingerprint density at radius 1 is 1.37 bits per heavy atom. The fourth-order valence-corrected chi connectivity index (χ4v) is 2.80. The molecule has 0 bridgehead atoms. The summed E-state index contributed by atoms with van der Waals surface area (Å²) in [5.41, 5.74) is 0. The normalized spacial score (nSPS) is 10.5. The highest BCUT2D eigenvalue weighted by Gasteiger charge is 2.07. The van der Waals surface area contributed by atoms with Crippen LogP contribution in [-0.2, 0) is 0 Å². The first-order chi connectivity index (χ1) is 9.19. The first kappa shape index (κ1) is 14.3. The number of pyridine rings is 1. The molecule has 6 heteroatoms. The zero-order valence-corrected chi connectivity index (χ0v) is 13.3. The SMILES string of the molecule is CCCNc1cc(Sc2ncccc2Br)nc(C)n1. The van der Waals surface area contributed by atoms with E-state index in [-0.39, 0.29) is 0 Å². The van der Waals surface area contributed by atoms with Gasteiger partial charge in [-0.1, -0.05) is 6.92 Å². The van der Waals surface area contributed by atoms with E-state index in [0.29, 0.717) is 0 Å². The van der Waals surface area contributed by atoms with Gasteiger partial charge in [-0.15, -0.1) is 0 Å². The van der Waals surface area contributed by atoms with Crippen LogP contribution in [0.25, 0.3) is 0 Å². The van der Waals surface area contributed by atoms with Crippen molar-refractivity contribution in [1.82, 2.24) is 15.0 Å². The van der Waals surface area contributed by atoms with E-state index >= 15 is 0 Å². The van der Waals surface area contributed by atoms with Gasteiger partial charge in [-0.3, -0.25) is 0 Å². The van der Waals surface area contributed by atoms with E-state index < -0.39 is 0 Å². The van der Waals surface area contributed by atoms with Crippen molar-refractivity contribution in [3.05, 3.63) is 34.7 Å². The Morgan fingerprint density at radius 3 is 2.95 bits per heavy atom. The lowest BCUT2D eigenvalue weighted by Gasteiger charge is -2.07. The molecule has 0 amide bonds. The molecular weight excluding hydrogens is 324 g/mol. The van der Waals surface area contributed by atoms with Gasteiger partial charge in [0.15, 0.2) is 0 Å². The minimum absolute atomic E-state index is 0.760. The molecule has 0 saturated heterocycles. The fraction of sp³-hybridized carbons (Fsp3) is 0.308. The smallest absolute Gasteiger partial charge is 0.130 e. The number of aromatic nitrogens is 3. The average Bonchev–Trinajstić information content (AvgIpc) is 2.38. The highest BCUT2D eigenvalue weighted by Crippen LogP contribution is 2.31. The van der Waals surface area contributed by atoms with Crippen LogP contribution >= 0.6 is 27.7 Å². The van der Waals surface area contributed by atoms with Gasteiger partial charge in [0.25, 0.3) is 0 Å². The van der Waals surface area contributed by atoms with Gasteiger partial charge in [-0.25, -0.2) is 15.0 Å². The Hall–Kier alpha value is -1.14. The number of nitrogens with zero attached hydrogens (tertiary/aromatic N) is 3. The lowest BCUT2D eigenvalue weighted by Crippen LogP contribution is -2.04. The zero-order valence-electron chi connectivity index (χ0n) is 10.9. The molecule has 2 aromatic rings. The van der Waals surface area contributed by atoms with Crippen molar-refractivity contribution in [2.45, 2.75) is 30.3 Å². The van der Waals surface area contributed by atoms with Gasteiger partial charge >= 0.3 is 0 Å². The van der Waals surface area contributed by atoms with E-state index in [1.165, 1.54) is 11.8 Å². The van der Waals surface area contributed by atoms with Crippen LogP contribution in [0.5, 0.6) is 0 Å². The first-order valence-corrected chi connectivity index (χ1v) is 7.68. The maximum absolute atomic E-state index is 4.43. The van der Waals surface area contributed by atoms with E-state index in [1.54, 1.807) is 6.20 Å². The summed E-state index contributed by atoms with van der Waals surface area (Å²) >= 11 is 5.02. The van der Waals surface area contributed by atoms with Gasteiger partial charge in [-0.05, 0) is 53.2 Å². The van der Waals surface area contributed by atoms with Crippen LogP contribution in [0.15, 0.2) is 38.9 Å². The molecule has 0 spiro atoms. The van der Waals surface area contributed by atoms with Crippen LogP contribution in [-0.4, -0.2) is 21.5 Å². The third-order valence-corrected chi connectivity index (χ3v) is 4.14. The monoisotopic (exact) mass is 338 g/mol. The van der Waals surface area contributed by atoms with Crippen molar-refractivity contribution in [2.75, 3.05) is 11.9 Å². The summed E-state index contributed by atoms with van der Waals surface area (Å²) < 4.78 is 0.972. The minimum atomic E-state index is 0.760. The summed E-state index contributed by atoms with van der Waals surface area (Å²) in [5, 5.41) is 5.08. The highest BCUT2D eigenvalue weighted by molar-refractivity contribution is 9.10. The molecule has 0 aliphatic rings. The maximum atomic E-state index is 4.43. The standard InChI is InChI=1S/C13H15BrN4S/c1-3-6-15-11-8-12(18-9(2)17-11)19-13-10(14)5-4-7-16-13/h4-5,7-8H,3,6H2,1-2H3,(H,15,17,18). The van der Waals surface area contributed by atoms with Crippen LogP contribution in [0.3, 0.4) is 0 Å². The Kier molecular flexibility index (Phi) is 5.15. The third-order valence-electron chi connectivity index (χ3n) is 2.30. The van der Waals surface area contributed by atoms with Gasteiger partial charge < -0.3 is 5.32 Å². The summed E-state index contributed by atoms with van der Waals surface area (Å²) in [7, 11) is 0. The van der Waals surface area contributed by atoms with Crippen molar-refractivity contribution >= 4 is 33.5 Å². The Bertz CT molecular complexity index is 562. The minimum Gasteiger partial charge on any atom is -0.370 e. The van der Waals surface area contributed by atoms with Gasteiger partial charge in [0.1, 0.15) is 21.7 Å². The molecule has 0 fully saturated rings. The molecule has 0 aromatic carbocycles. The van der Waals surface area contributed by atoms with Crippen LogP contribution in [0, 0.1) is 6.92 Å². The van der Waals surface area contributed by atoms with Gasteiger partial charge in [0, 0.05) is 18.8 Å². The maximum Gasteiger partial charge on any atom is 0.130 e.